The van der Waals surface area contributed by atoms with Gasteiger partial charge in [0.15, 0.2) is 25.2 Å². The lowest BCUT2D eigenvalue weighted by Crippen LogP contribution is -2.91. The van der Waals surface area contributed by atoms with E-state index in [2.05, 4.69) is 51.7 Å². The lowest BCUT2D eigenvalue weighted by molar-refractivity contribution is 0.627. The van der Waals surface area contributed by atoms with Crippen molar-refractivity contribution < 1.29 is 8.22 Å². The van der Waals surface area contributed by atoms with Gasteiger partial charge in [0.1, 0.15) is 0 Å². The van der Waals surface area contributed by atoms with Crippen LogP contribution < -0.4 is 4.65 Å². The number of nitrogens with one attached hydrogen (secondary N) is 1. The minimum atomic E-state index is -2.18. The van der Waals surface area contributed by atoms with Crippen molar-refractivity contribution in [1.29, 1.82) is 0 Å². The highest BCUT2D eigenvalue weighted by molar-refractivity contribution is 7.12. The largest absolute Gasteiger partial charge is 0.345 e. The van der Waals surface area contributed by atoms with E-state index >= 15 is 0 Å². The lowest BCUT2D eigenvalue weighted by atomic mass is 11.9. The van der Waals surface area contributed by atoms with Crippen LogP contribution in [0.15, 0.2) is 0 Å². The third kappa shape index (κ3) is 2.80. The van der Waals surface area contributed by atoms with Crippen LogP contribution in [0.4, 0.5) is 8.22 Å². The van der Waals surface area contributed by atoms with Crippen LogP contribution in [0.1, 0.15) is 0 Å². The molecule has 1 fully saturated rings. The second-order valence-electron chi connectivity index (χ2n) is 6.40. The van der Waals surface area contributed by atoms with Crippen molar-refractivity contribution in [2.45, 2.75) is 52.4 Å². The first kappa shape index (κ1) is 16.9. The molecule has 0 aromatic heterocycles. The third-order valence-electron chi connectivity index (χ3n) is 3.44. The summed E-state index contributed by atoms with van der Waals surface area (Å²) in [5.74, 6) is 0. The minimum Gasteiger partial charge on any atom is -0.337 e. The molecule has 1 aliphatic rings. The van der Waals surface area contributed by atoms with E-state index < -0.39 is 43.8 Å². The van der Waals surface area contributed by atoms with E-state index in [0.29, 0.717) is 0 Å². The predicted octanol–water partition coefficient (Wildman–Crippen LogP) is 2.47. The zero-order chi connectivity index (χ0) is 14.5. The Morgan fingerprint density at radius 2 is 1.06 bits per heavy atom. The van der Waals surface area contributed by atoms with Gasteiger partial charge in [-0.3, -0.25) is 8.22 Å². The van der Waals surface area contributed by atoms with E-state index in [4.69, 9.17) is 0 Å². The highest BCUT2D eigenvalue weighted by atomic mass is 28.5. The number of hydrogen-bond donors (Lipinski definition) is 1. The average Bonchev–Trinajstić information content (AvgIpc) is 1.91. The number of rotatable bonds is 2. The summed E-state index contributed by atoms with van der Waals surface area (Å²) in [7, 11) is -10.2. The Labute approximate surface area is 117 Å². The van der Waals surface area contributed by atoms with E-state index in [1.54, 1.807) is 13.1 Å². The van der Waals surface area contributed by atoms with E-state index in [1.165, 1.54) is 0 Å². The van der Waals surface area contributed by atoms with Gasteiger partial charge in [-0.15, -0.1) is 0 Å². The molecular weight excluding hydrogens is 317 g/mol. The van der Waals surface area contributed by atoms with Crippen molar-refractivity contribution in [3.8, 4) is 0 Å². The van der Waals surface area contributed by atoms with Crippen molar-refractivity contribution in [2.75, 3.05) is 0 Å². The van der Waals surface area contributed by atoms with Gasteiger partial charge in [-0.1, -0.05) is 0 Å². The van der Waals surface area contributed by atoms with Crippen LogP contribution in [-0.4, -0.2) is 51.6 Å². The van der Waals surface area contributed by atoms with Crippen LogP contribution in [0, 0.1) is 0 Å². The van der Waals surface area contributed by atoms with Crippen LogP contribution in [0.5, 0.6) is 0 Å². The number of nitrogens with zero attached hydrogens (tertiary/aromatic N) is 2. The van der Waals surface area contributed by atoms with Gasteiger partial charge in [-0.25, -0.2) is 0 Å². The summed E-state index contributed by atoms with van der Waals surface area (Å²) < 4.78 is 36.3. The Morgan fingerprint density at radius 3 is 1.28 bits per heavy atom. The Kier molecular flexibility index (Phi) is 4.67. The molecule has 0 aromatic rings. The second-order valence-corrected chi connectivity index (χ2v) is 24.0. The molecule has 0 bridgehead atoms. The lowest BCUT2D eigenvalue weighted by Gasteiger charge is -2.63. The minimum absolute atomic E-state index is 1.69. The molecule has 0 amide bonds. The monoisotopic (exact) mass is 341 g/mol. The maximum absolute atomic E-state index is 14.2. The summed E-state index contributed by atoms with van der Waals surface area (Å²) in [6.07, 6.45) is 0. The summed E-state index contributed by atoms with van der Waals surface area (Å²) in [4.78, 5) is 0. The molecule has 1 aliphatic heterocycles. The van der Waals surface area contributed by atoms with Crippen LogP contribution in [0.3, 0.4) is 0 Å². The van der Waals surface area contributed by atoms with Crippen LogP contribution in [0.25, 0.3) is 0 Å². The van der Waals surface area contributed by atoms with Gasteiger partial charge in [-0.2, -0.15) is 0 Å². The summed E-state index contributed by atoms with van der Waals surface area (Å²) in [5, 5.41) is 0. The highest BCUT2D eigenvalue weighted by Gasteiger charge is 2.60. The third-order valence-corrected chi connectivity index (χ3v) is 31.0. The SMILES string of the molecule is C[Si](F)N1[Si](C)(C)N[Si](C)(C)N([Si](C)F)[Si]1(C)C. The van der Waals surface area contributed by atoms with Gasteiger partial charge in [0.25, 0.3) is 0 Å². The summed E-state index contributed by atoms with van der Waals surface area (Å²) >= 11 is 0. The van der Waals surface area contributed by atoms with E-state index in [-0.39, 0.29) is 0 Å². The molecular formula is C8H25F2N3Si5. The van der Waals surface area contributed by atoms with Crippen molar-refractivity contribution >= 4 is 43.8 Å². The van der Waals surface area contributed by atoms with E-state index in [9.17, 15) is 8.22 Å². The van der Waals surface area contributed by atoms with E-state index in [1.807, 2.05) is 0 Å². The fraction of sp³-hybridized carbons (Fsp3) is 1.00. The van der Waals surface area contributed by atoms with Crippen molar-refractivity contribution in [3.05, 3.63) is 0 Å². The first-order valence-corrected chi connectivity index (χ1v) is 18.7. The molecule has 2 radical (unpaired) electrons. The molecule has 106 valence electrons. The predicted molar refractivity (Wildman–Crippen MR) is 84.7 cm³/mol. The molecule has 0 atom stereocenters. The Morgan fingerprint density at radius 1 is 0.778 bits per heavy atom. The van der Waals surface area contributed by atoms with Crippen LogP contribution in [0.2, 0.25) is 52.4 Å². The zero-order valence-corrected chi connectivity index (χ0v) is 17.7. The quantitative estimate of drug-likeness (QED) is 0.615. The molecule has 18 heavy (non-hydrogen) atoms. The molecule has 1 rings (SSSR count). The fourth-order valence-corrected chi connectivity index (χ4v) is 38.5. The van der Waals surface area contributed by atoms with Gasteiger partial charge in [-0.05, 0) is 52.4 Å². The molecule has 0 unspecified atom stereocenters. The average molecular weight is 342 g/mol. The Bertz CT molecular complexity index is 296. The molecule has 0 saturated carbocycles. The molecule has 1 heterocycles. The maximum Gasteiger partial charge on any atom is 0.345 e. The van der Waals surface area contributed by atoms with Gasteiger partial charge in [0.05, 0.1) is 0 Å². The van der Waals surface area contributed by atoms with Gasteiger partial charge in [0.2, 0.25) is 0 Å². The highest BCUT2D eigenvalue weighted by Crippen LogP contribution is 2.33. The Balaban J connectivity index is 3.32. The van der Waals surface area contributed by atoms with Gasteiger partial charge in [0, 0.05) is 0 Å². The van der Waals surface area contributed by atoms with Crippen molar-refractivity contribution in [1.82, 2.24) is 12.4 Å². The molecule has 1 N–H and O–H groups in total. The van der Waals surface area contributed by atoms with Gasteiger partial charge >= 0.3 is 18.6 Å². The summed E-state index contributed by atoms with van der Waals surface area (Å²) in [5.41, 5.74) is 0. The molecule has 0 spiro atoms. The maximum atomic E-state index is 14.2. The first-order chi connectivity index (χ1) is 7.84. The number of hydrogen-bond acceptors (Lipinski definition) is 3. The standard InChI is InChI=1S/C8H25F2N3Si5/c1-14(9)12-16(3,4)11-17(5,6)13(15(2)10)18(12,7)8/h11H,1-8H3. The zero-order valence-electron chi connectivity index (χ0n) is 12.7. The fourth-order valence-electron chi connectivity index (χ4n) is 3.85. The second kappa shape index (κ2) is 4.98. The molecule has 0 aromatic carbocycles. The molecule has 1 saturated heterocycles. The molecule has 0 aliphatic carbocycles. The molecule has 3 nitrogen and oxygen atoms in total. The van der Waals surface area contributed by atoms with Crippen molar-refractivity contribution in [2.24, 2.45) is 0 Å². The first-order valence-electron chi connectivity index (χ1n) is 6.22. The van der Waals surface area contributed by atoms with Crippen LogP contribution >= 0.6 is 0 Å². The van der Waals surface area contributed by atoms with Gasteiger partial charge < -0.3 is 12.4 Å². The molecule has 10 heteroatoms. The van der Waals surface area contributed by atoms with Crippen molar-refractivity contribution in [3.63, 3.8) is 0 Å². The van der Waals surface area contributed by atoms with E-state index in [0.717, 1.165) is 0 Å². The Hall–Kier alpha value is 0.824. The summed E-state index contributed by atoms with van der Waals surface area (Å²) in [6, 6.07) is 0. The summed E-state index contributed by atoms with van der Waals surface area (Å²) in [6.45, 7) is 16.3. The normalized spacial score (nSPS) is 28.0. The smallest absolute Gasteiger partial charge is 0.337 e. The number of halogens is 2. The topological polar surface area (TPSA) is 18.5 Å². The van der Waals surface area contributed by atoms with Crippen LogP contribution in [-0.2, 0) is 0 Å².